The Bertz CT molecular complexity index is 1240. The zero-order chi connectivity index (χ0) is 21.3. The standard InChI is InChI=1S/C24H20N2O4/c1-14-6-4-5-7-18(14)19-10-8-17(12-15(19)2)23-25-22(26-30-23)16-9-11-21(27)20(13-16)24(28)29-3/h4-13,27H,1-3H3. The van der Waals surface area contributed by atoms with E-state index < -0.39 is 5.97 Å². The van der Waals surface area contributed by atoms with Crippen molar-refractivity contribution in [3.05, 3.63) is 77.4 Å². The highest BCUT2D eigenvalue weighted by Crippen LogP contribution is 2.31. The maximum atomic E-state index is 11.8. The first-order valence-corrected chi connectivity index (χ1v) is 9.40. The number of methoxy groups -OCH3 is 1. The number of aryl methyl sites for hydroxylation is 2. The lowest BCUT2D eigenvalue weighted by Crippen LogP contribution is -2.01. The number of esters is 1. The molecule has 3 aromatic carbocycles. The lowest BCUT2D eigenvalue weighted by molar-refractivity contribution is 0.0597. The Morgan fingerprint density at radius 3 is 2.40 bits per heavy atom. The van der Waals surface area contributed by atoms with Crippen molar-refractivity contribution in [3.8, 4) is 39.7 Å². The Morgan fingerprint density at radius 2 is 1.67 bits per heavy atom. The van der Waals surface area contributed by atoms with E-state index in [9.17, 15) is 9.90 Å². The molecule has 4 aromatic rings. The van der Waals surface area contributed by atoms with Crippen LogP contribution in [0.1, 0.15) is 21.5 Å². The predicted molar refractivity (Wildman–Crippen MR) is 113 cm³/mol. The third-order valence-corrected chi connectivity index (χ3v) is 4.99. The van der Waals surface area contributed by atoms with E-state index in [0.717, 1.165) is 16.7 Å². The first kappa shape index (κ1) is 19.4. The molecule has 150 valence electrons. The number of benzene rings is 3. The van der Waals surface area contributed by atoms with E-state index in [4.69, 9.17) is 4.52 Å². The molecule has 0 amide bonds. The minimum Gasteiger partial charge on any atom is -0.507 e. The second kappa shape index (κ2) is 7.83. The summed E-state index contributed by atoms with van der Waals surface area (Å²) in [7, 11) is 1.25. The minimum atomic E-state index is -0.638. The van der Waals surface area contributed by atoms with E-state index in [0.29, 0.717) is 17.3 Å². The third-order valence-electron chi connectivity index (χ3n) is 4.99. The van der Waals surface area contributed by atoms with E-state index in [1.807, 2.05) is 37.3 Å². The van der Waals surface area contributed by atoms with Gasteiger partial charge in [0.25, 0.3) is 5.89 Å². The Balaban J connectivity index is 1.67. The van der Waals surface area contributed by atoms with Crippen LogP contribution in [0.2, 0.25) is 0 Å². The molecule has 0 atom stereocenters. The number of rotatable bonds is 4. The Kier molecular flexibility index (Phi) is 5.06. The number of hydrogen-bond donors (Lipinski definition) is 1. The fraction of sp³-hybridized carbons (Fsp3) is 0.125. The number of phenols is 1. The summed E-state index contributed by atoms with van der Waals surface area (Å²) in [4.78, 5) is 16.3. The van der Waals surface area contributed by atoms with Gasteiger partial charge in [-0.3, -0.25) is 0 Å². The molecule has 4 rings (SSSR count). The van der Waals surface area contributed by atoms with Gasteiger partial charge in [-0.25, -0.2) is 4.79 Å². The van der Waals surface area contributed by atoms with Gasteiger partial charge in [-0.1, -0.05) is 35.5 Å². The molecule has 0 fully saturated rings. The van der Waals surface area contributed by atoms with Crippen LogP contribution in [0.15, 0.2) is 65.2 Å². The molecule has 1 N–H and O–H groups in total. The van der Waals surface area contributed by atoms with Crippen molar-refractivity contribution in [1.82, 2.24) is 10.1 Å². The zero-order valence-corrected chi connectivity index (χ0v) is 16.8. The van der Waals surface area contributed by atoms with Crippen LogP contribution in [-0.2, 0) is 4.74 Å². The molecule has 30 heavy (non-hydrogen) atoms. The Hall–Kier alpha value is -3.93. The van der Waals surface area contributed by atoms with E-state index in [2.05, 4.69) is 33.9 Å². The van der Waals surface area contributed by atoms with Crippen LogP contribution in [0.5, 0.6) is 5.75 Å². The van der Waals surface area contributed by atoms with Gasteiger partial charge in [0.05, 0.1) is 7.11 Å². The summed E-state index contributed by atoms with van der Waals surface area (Å²) in [6, 6.07) is 18.7. The van der Waals surface area contributed by atoms with Crippen molar-refractivity contribution in [1.29, 1.82) is 0 Å². The first-order chi connectivity index (χ1) is 14.5. The maximum Gasteiger partial charge on any atom is 0.341 e. The highest BCUT2D eigenvalue weighted by molar-refractivity contribution is 5.93. The second-order valence-corrected chi connectivity index (χ2v) is 6.99. The lowest BCUT2D eigenvalue weighted by Gasteiger charge is -2.10. The van der Waals surface area contributed by atoms with Crippen LogP contribution in [0, 0.1) is 13.8 Å². The fourth-order valence-corrected chi connectivity index (χ4v) is 3.38. The number of aromatic nitrogens is 2. The highest BCUT2D eigenvalue weighted by Gasteiger charge is 2.17. The van der Waals surface area contributed by atoms with Gasteiger partial charge in [-0.05, 0) is 66.4 Å². The van der Waals surface area contributed by atoms with E-state index >= 15 is 0 Å². The summed E-state index contributed by atoms with van der Waals surface area (Å²) >= 11 is 0. The minimum absolute atomic E-state index is 0.0415. The summed E-state index contributed by atoms with van der Waals surface area (Å²) in [5.41, 5.74) is 6.03. The van der Waals surface area contributed by atoms with Crippen LogP contribution in [0.4, 0.5) is 0 Å². The average Bonchev–Trinajstić information content (AvgIpc) is 3.24. The smallest absolute Gasteiger partial charge is 0.341 e. The van der Waals surface area contributed by atoms with Gasteiger partial charge in [-0.2, -0.15) is 4.98 Å². The molecular weight excluding hydrogens is 380 g/mol. The molecule has 0 aliphatic carbocycles. The zero-order valence-electron chi connectivity index (χ0n) is 16.8. The van der Waals surface area contributed by atoms with Crippen molar-refractivity contribution >= 4 is 5.97 Å². The fourth-order valence-electron chi connectivity index (χ4n) is 3.38. The number of phenolic OH excluding ortho intramolecular Hbond substituents is 1. The van der Waals surface area contributed by atoms with Crippen LogP contribution in [0.3, 0.4) is 0 Å². The van der Waals surface area contributed by atoms with Crippen LogP contribution < -0.4 is 0 Å². The molecule has 0 unspecified atom stereocenters. The summed E-state index contributed by atoms with van der Waals surface area (Å²) in [5, 5.41) is 13.9. The summed E-state index contributed by atoms with van der Waals surface area (Å²) in [6.07, 6.45) is 0. The normalized spacial score (nSPS) is 10.8. The molecule has 0 saturated heterocycles. The summed E-state index contributed by atoms with van der Waals surface area (Å²) in [5.74, 6) is -0.120. The molecule has 0 spiro atoms. The molecule has 0 aliphatic heterocycles. The number of hydrogen-bond acceptors (Lipinski definition) is 6. The van der Waals surface area contributed by atoms with Crippen molar-refractivity contribution in [3.63, 3.8) is 0 Å². The molecule has 6 nitrogen and oxygen atoms in total. The molecule has 0 radical (unpaired) electrons. The van der Waals surface area contributed by atoms with Gasteiger partial charge in [0.15, 0.2) is 0 Å². The highest BCUT2D eigenvalue weighted by atomic mass is 16.5. The van der Waals surface area contributed by atoms with E-state index in [-0.39, 0.29) is 11.3 Å². The lowest BCUT2D eigenvalue weighted by atomic mass is 9.95. The third kappa shape index (κ3) is 3.55. The number of aromatic hydroxyl groups is 1. The van der Waals surface area contributed by atoms with Crippen molar-refractivity contribution in [2.75, 3.05) is 7.11 Å². The van der Waals surface area contributed by atoms with Gasteiger partial charge in [0.1, 0.15) is 11.3 Å². The molecular formula is C24H20N2O4. The molecule has 0 saturated carbocycles. The summed E-state index contributed by atoms with van der Waals surface area (Å²) in [6.45, 7) is 4.14. The average molecular weight is 400 g/mol. The first-order valence-electron chi connectivity index (χ1n) is 9.40. The quantitative estimate of drug-likeness (QED) is 0.475. The summed E-state index contributed by atoms with van der Waals surface area (Å²) < 4.78 is 10.1. The van der Waals surface area contributed by atoms with Gasteiger partial charge >= 0.3 is 5.97 Å². The number of carbonyl (C=O) groups excluding carboxylic acids is 1. The molecule has 6 heteroatoms. The predicted octanol–water partition coefficient (Wildman–Crippen LogP) is 5.18. The van der Waals surface area contributed by atoms with Crippen molar-refractivity contribution in [2.45, 2.75) is 13.8 Å². The molecule has 1 aromatic heterocycles. The van der Waals surface area contributed by atoms with E-state index in [1.54, 1.807) is 6.07 Å². The van der Waals surface area contributed by atoms with Crippen LogP contribution in [-0.4, -0.2) is 28.3 Å². The second-order valence-electron chi connectivity index (χ2n) is 6.99. The van der Waals surface area contributed by atoms with Crippen LogP contribution in [0.25, 0.3) is 34.0 Å². The Morgan fingerprint density at radius 1 is 0.933 bits per heavy atom. The largest absolute Gasteiger partial charge is 0.507 e. The van der Waals surface area contributed by atoms with Gasteiger partial charge in [-0.15, -0.1) is 0 Å². The SMILES string of the molecule is COC(=O)c1cc(-c2noc(-c3ccc(-c4ccccc4C)c(C)c3)n2)ccc1O. The van der Waals surface area contributed by atoms with Crippen molar-refractivity contribution in [2.24, 2.45) is 0 Å². The molecule has 0 bridgehead atoms. The topological polar surface area (TPSA) is 85.5 Å². The molecule has 1 heterocycles. The number of carbonyl (C=O) groups is 1. The maximum absolute atomic E-state index is 11.8. The van der Waals surface area contributed by atoms with E-state index in [1.165, 1.54) is 30.4 Å². The van der Waals surface area contributed by atoms with Gasteiger partial charge in [0, 0.05) is 11.1 Å². The number of ether oxygens (including phenoxy) is 1. The van der Waals surface area contributed by atoms with Gasteiger partial charge in [0.2, 0.25) is 5.82 Å². The van der Waals surface area contributed by atoms with Crippen molar-refractivity contribution < 1.29 is 19.2 Å². The monoisotopic (exact) mass is 400 g/mol. The molecule has 0 aliphatic rings. The van der Waals surface area contributed by atoms with Crippen LogP contribution >= 0.6 is 0 Å². The van der Waals surface area contributed by atoms with Gasteiger partial charge < -0.3 is 14.4 Å². The Labute approximate surface area is 173 Å². The number of nitrogens with zero attached hydrogens (tertiary/aromatic N) is 2.